The molecular formula is C20H20F3N4O4+. The van der Waals surface area contributed by atoms with Gasteiger partial charge in [0.2, 0.25) is 5.89 Å². The van der Waals surface area contributed by atoms with Crippen molar-refractivity contribution in [2.24, 2.45) is 0 Å². The number of ether oxygens (including phenoxy) is 1. The fraction of sp³-hybridized carbons (Fsp3) is 0.450. The summed E-state index contributed by atoms with van der Waals surface area (Å²) in [5, 5.41) is 3.91. The van der Waals surface area contributed by atoms with Gasteiger partial charge in [0, 0.05) is 13.3 Å². The first kappa shape index (κ1) is 21.0. The summed E-state index contributed by atoms with van der Waals surface area (Å²) in [4.78, 5) is 31.8. The molecule has 164 valence electrons. The molecule has 0 fully saturated rings. The Morgan fingerprint density at radius 2 is 1.94 bits per heavy atom. The van der Waals surface area contributed by atoms with Crippen LogP contribution in [0.3, 0.4) is 0 Å². The molecule has 4 rings (SSSR count). The van der Waals surface area contributed by atoms with Crippen molar-refractivity contribution in [2.75, 3.05) is 6.54 Å². The zero-order valence-electron chi connectivity index (χ0n) is 16.7. The lowest BCUT2D eigenvalue weighted by Gasteiger charge is -2.26. The van der Waals surface area contributed by atoms with Gasteiger partial charge in [0.1, 0.15) is 18.0 Å². The number of alkyl halides is 3. The van der Waals surface area contributed by atoms with Gasteiger partial charge in [-0.15, -0.1) is 13.2 Å². The Hall–Kier alpha value is -3.24. The first-order valence-corrected chi connectivity index (χ1v) is 9.86. The fourth-order valence-electron chi connectivity index (χ4n) is 3.90. The number of urea groups is 1. The van der Waals surface area contributed by atoms with E-state index in [9.17, 15) is 22.8 Å². The molecule has 2 aliphatic rings. The number of aromatic nitrogens is 2. The van der Waals surface area contributed by atoms with Crippen LogP contribution >= 0.6 is 0 Å². The van der Waals surface area contributed by atoms with Gasteiger partial charge < -0.3 is 9.26 Å². The molecule has 1 unspecified atom stereocenters. The Kier molecular flexibility index (Phi) is 5.50. The molecule has 1 atom stereocenters. The standard InChI is InChI=1S/C20H20F3N4O4/c1-12-24-17(25-31-12)16-15-5-3-2-4-10-26(15)19(29)27(18(16)28)11-13-6-8-14(9-7-13)30-20(21,22)23/h6-9,16H,2-5,10-11H2,1H3/q+1. The monoisotopic (exact) mass is 437 g/mol. The van der Waals surface area contributed by atoms with Gasteiger partial charge in [-0.3, -0.25) is 0 Å². The van der Waals surface area contributed by atoms with E-state index in [0.29, 0.717) is 30.1 Å². The predicted octanol–water partition coefficient (Wildman–Crippen LogP) is 3.55. The van der Waals surface area contributed by atoms with E-state index in [-0.39, 0.29) is 18.1 Å². The Morgan fingerprint density at radius 3 is 2.58 bits per heavy atom. The number of halogens is 3. The van der Waals surface area contributed by atoms with Gasteiger partial charge in [-0.25, -0.2) is 4.79 Å². The van der Waals surface area contributed by atoms with E-state index >= 15 is 0 Å². The normalized spacial score (nSPS) is 20.0. The largest absolute Gasteiger partial charge is 0.573 e. The number of hydrogen-bond acceptors (Lipinski definition) is 6. The second kappa shape index (κ2) is 8.12. The van der Waals surface area contributed by atoms with E-state index < -0.39 is 24.2 Å². The Morgan fingerprint density at radius 1 is 1.19 bits per heavy atom. The third-order valence-corrected chi connectivity index (χ3v) is 5.27. The molecular weight excluding hydrogens is 417 g/mol. The fourth-order valence-corrected chi connectivity index (χ4v) is 3.90. The molecule has 3 amide bonds. The van der Waals surface area contributed by atoms with Crippen LogP contribution in [0, 0.1) is 6.92 Å². The third-order valence-electron chi connectivity index (χ3n) is 5.27. The zero-order chi connectivity index (χ0) is 22.2. The van der Waals surface area contributed by atoms with Crippen LogP contribution in [0.2, 0.25) is 0 Å². The molecule has 1 aromatic carbocycles. The quantitative estimate of drug-likeness (QED) is 0.680. The highest BCUT2D eigenvalue weighted by Crippen LogP contribution is 2.29. The molecule has 31 heavy (non-hydrogen) atoms. The molecule has 3 heterocycles. The molecule has 2 aliphatic heterocycles. The minimum Gasteiger partial charge on any atom is -0.406 e. The van der Waals surface area contributed by atoms with E-state index in [1.54, 1.807) is 11.5 Å². The molecule has 0 saturated heterocycles. The second-order valence-corrected chi connectivity index (χ2v) is 7.46. The SMILES string of the molecule is Cc1nc(C2C(=O)N(Cc3ccc(OC(F)(F)F)cc3)C(=O)[N+]3=C2CCCCC3)no1. The zero-order valence-corrected chi connectivity index (χ0v) is 16.7. The summed E-state index contributed by atoms with van der Waals surface area (Å²) in [6, 6.07) is 4.61. The van der Waals surface area contributed by atoms with Gasteiger partial charge in [-0.05, 0) is 37.0 Å². The van der Waals surface area contributed by atoms with Gasteiger partial charge in [0.15, 0.2) is 11.7 Å². The Balaban J connectivity index is 1.64. The first-order valence-electron chi connectivity index (χ1n) is 9.86. The van der Waals surface area contributed by atoms with Crippen molar-refractivity contribution in [1.29, 1.82) is 0 Å². The molecule has 11 heteroatoms. The molecule has 0 aliphatic carbocycles. The third kappa shape index (κ3) is 4.44. The van der Waals surface area contributed by atoms with Crippen molar-refractivity contribution in [1.82, 2.24) is 15.0 Å². The Labute approximate surface area is 175 Å². The second-order valence-electron chi connectivity index (χ2n) is 7.46. The van der Waals surface area contributed by atoms with E-state index in [4.69, 9.17) is 4.52 Å². The number of hydrogen-bond donors (Lipinski definition) is 0. The summed E-state index contributed by atoms with van der Waals surface area (Å²) in [6.07, 6.45) is -1.64. The minimum atomic E-state index is -4.80. The van der Waals surface area contributed by atoms with Crippen LogP contribution < -0.4 is 4.74 Å². The number of imide groups is 1. The number of rotatable bonds is 4. The molecule has 0 radical (unpaired) electrons. The first-order chi connectivity index (χ1) is 14.7. The maximum absolute atomic E-state index is 13.3. The number of aryl methyl sites for hydroxylation is 1. The van der Waals surface area contributed by atoms with Crippen LogP contribution in [0.4, 0.5) is 18.0 Å². The van der Waals surface area contributed by atoms with E-state index in [0.717, 1.165) is 36.3 Å². The summed E-state index contributed by atoms with van der Waals surface area (Å²) in [6.45, 7) is 2.00. The highest BCUT2D eigenvalue weighted by atomic mass is 19.4. The maximum Gasteiger partial charge on any atom is 0.573 e. The number of carbonyl (C=O) groups excluding carboxylic acids is 2. The van der Waals surface area contributed by atoms with E-state index in [1.807, 2.05) is 0 Å². The summed E-state index contributed by atoms with van der Waals surface area (Å²) in [7, 11) is 0. The lowest BCUT2D eigenvalue weighted by molar-refractivity contribution is -0.441. The van der Waals surface area contributed by atoms with Crippen LogP contribution in [0.1, 0.15) is 48.9 Å². The van der Waals surface area contributed by atoms with Crippen molar-refractivity contribution < 1.29 is 36.6 Å². The number of benzene rings is 1. The number of amides is 3. The lowest BCUT2D eigenvalue weighted by atomic mass is 9.94. The van der Waals surface area contributed by atoms with E-state index in [2.05, 4.69) is 14.9 Å². The summed E-state index contributed by atoms with van der Waals surface area (Å²) < 4.78 is 47.6. The molecule has 1 aromatic heterocycles. The van der Waals surface area contributed by atoms with Crippen molar-refractivity contribution in [2.45, 2.75) is 51.4 Å². The Bertz CT molecular complexity index is 1030. The molecule has 0 spiro atoms. The summed E-state index contributed by atoms with van der Waals surface area (Å²) >= 11 is 0. The number of nitrogens with zero attached hydrogens (tertiary/aromatic N) is 4. The van der Waals surface area contributed by atoms with Crippen LogP contribution in [0.5, 0.6) is 5.75 Å². The molecule has 0 saturated carbocycles. The van der Waals surface area contributed by atoms with Gasteiger partial charge >= 0.3 is 18.3 Å². The lowest BCUT2D eigenvalue weighted by Crippen LogP contribution is -2.53. The van der Waals surface area contributed by atoms with Gasteiger partial charge in [0.05, 0.1) is 6.54 Å². The van der Waals surface area contributed by atoms with E-state index in [1.165, 1.54) is 12.1 Å². The molecule has 0 N–H and O–H groups in total. The maximum atomic E-state index is 13.3. The van der Waals surface area contributed by atoms with Crippen molar-refractivity contribution in [3.05, 3.63) is 41.5 Å². The van der Waals surface area contributed by atoms with Gasteiger partial charge in [-0.2, -0.15) is 19.3 Å². The van der Waals surface area contributed by atoms with Crippen LogP contribution in [-0.4, -0.2) is 50.2 Å². The van der Waals surface area contributed by atoms with Crippen molar-refractivity contribution in [3.8, 4) is 5.75 Å². The summed E-state index contributed by atoms with van der Waals surface area (Å²) in [5.74, 6) is -1.17. The molecule has 2 aromatic rings. The highest BCUT2D eigenvalue weighted by molar-refractivity contribution is 6.14. The predicted molar refractivity (Wildman–Crippen MR) is 99.4 cm³/mol. The van der Waals surface area contributed by atoms with Crippen molar-refractivity contribution >= 4 is 17.6 Å². The molecule has 0 bridgehead atoms. The summed E-state index contributed by atoms with van der Waals surface area (Å²) in [5.41, 5.74) is 1.15. The van der Waals surface area contributed by atoms with Gasteiger partial charge in [0.25, 0.3) is 0 Å². The highest BCUT2D eigenvalue weighted by Gasteiger charge is 2.50. The van der Waals surface area contributed by atoms with Crippen LogP contribution in [-0.2, 0) is 11.3 Å². The van der Waals surface area contributed by atoms with Crippen LogP contribution in [0.25, 0.3) is 0 Å². The van der Waals surface area contributed by atoms with Crippen molar-refractivity contribution in [3.63, 3.8) is 0 Å². The molecule has 8 nitrogen and oxygen atoms in total. The topological polar surface area (TPSA) is 88.5 Å². The average Bonchev–Trinajstić information content (AvgIpc) is 2.97. The number of carbonyl (C=O) groups is 2. The average molecular weight is 437 g/mol. The van der Waals surface area contributed by atoms with Gasteiger partial charge in [-0.1, -0.05) is 17.3 Å². The smallest absolute Gasteiger partial charge is 0.406 e. The minimum absolute atomic E-state index is 0.0962. The van der Waals surface area contributed by atoms with Crippen LogP contribution in [0.15, 0.2) is 28.8 Å².